The predicted octanol–water partition coefficient (Wildman–Crippen LogP) is 3.06. The second-order valence-corrected chi connectivity index (χ2v) is 3.60. The molecule has 14 heavy (non-hydrogen) atoms. The van der Waals surface area contributed by atoms with Gasteiger partial charge in [0.1, 0.15) is 5.82 Å². The highest BCUT2D eigenvalue weighted by Crippen LogP contribution is 2.23. The van der Waals surface area contributed by atoms with E-state index in [9.17, 15) is 4.39 Å². The van der Waals surface area contributed by atoms with E-state index < -0.39 is 0 Å². The zero-order chi connectivity index (χ0) is 10.4. The van der Waals surface area contributed by atoms with Crippen LogP contribution in [0.1, 0.15) is 37.7 Å². The fraction of sp³-hybridized carbons (Fsp3) is 0.500. The van der Waals surface area contributed by atoms with Gasteiger partial charge in [0.05, 0.1) is 0 Å². The van der Waals surface area contributed by atoms with Gasteiger partial charge in [-0.25, -0.2) is 4.39 Å². The summed E-state index contributed by atoms with van der Waals surface area (Å²) in [6.45, 7) is 2.66. The van der Waals surface area contributed by atoms with Crippen LogP contribution in [0.2, 0.25) is 0 Å². The Labute approximate surface area is 85.1 Å². The van der Waals surface area contributed by atoms with Crippen molar-refractivity contribution in [3.05, 3.63) is 35.6 Å². The molecule has 2 heteroatoms. The average molecular weight is 195 g/mol. The van der Waals surface area contributed by atoms with E-state index in [-0.39, 0.29) is 11.7 Å². The van der Waals surface area contributed by atoms with Crippen molar-refractivity contribution in [1.29, 1.82) is 0 Å². The molecule has 0 amide bonds. The smallest absolute Gasteiger partial charge is 0.126 e. The number of nitrogens with two attached hydrogens (primary N) is 1. The van der Waals surface area contributed by atoms with E-state index in [0.717, 1.165) is 24.8 Å². The Morgan fingerprint density at radius 3 is 2.64 bits per heavy atom. The average Bonchev–Trinajstić information content (AvgIpc) is 2.21. The lowest BCUT2D eigenvalue weighted by molar-refractivity contribution is 0.541. The summed E-state index contributed by atoms with van der Waals surface area (Å²) in [7, 11) is 0. The van der Waals surface area contributed by atoms with Crippen molar-refractivity contribution in [1.82, 2.24) is 0 Å². The molecule has 0 spiro atoms. The number of benzene rings is 1. The normalized spacial score (nSPS) is 12.8. The quantitative estimate of drug-likeness (QED) is 0.767. The van der Waals surface area contributed by atoms with Crippen LogP contribution in [0.15, 0.2) is 24.3 Å². The van der Waals surface area contributed by atoms with E-state index in [2.05, 4.69) is 6.92 Å². The molecule has 0 saturated carbocycles. The molecule has 0 aromatic heterocycles. The number of hydrogen-bond acceptors (Lipinski definition) is 1. The van der Waals surface area contributed by atoms with Crippen molar-refractivity contribution < 1.29 is 4.39 Å². The third-order valence-corrected chi connectivity index (χ3v) is 2.54. The lowest BCUT2D eigenvalue weighted by Crippen LogP contribution is -2.13. The standard InChI is InChI=1S/C12H18FN/c1-2-3-6-10(9-14)11-7-4-5-8-12(11)13/h4-5,7-8,10H,2-3,6,9,14H2,1H3. The van der Waals surface area contributed by atoms with Crippen LogP contribution < -0.4 is 5.73 Å². The summed E-state index contributed by atoms with van der Waals surface area (Å²) in [6.07, 6.45) is 3.22. The maximum atomic E-state index is 13.4. The van der Waals surface area contributed by atoms with Gasteiger partial charge in [-0.2, -0.15) is 0 Å². The van der Waals surface area contributed by atoms with Crippen LogP contribution in [-0.4, -0.2) is 6.54 Å². The van der Waals surface area contributed by atoms with Crippen molar-refractivity contribution in [2.45, 2.75) is 32.1 Å². The highest BCUT2D eigenvalue weighted by Gasteiger charge is 2.12. The lowest BCUT2D eigenvalue weighted by Gasteiger charge is -2.15. The van der Waals surface area contributed by atoms with Gasteiger partial charge < -0.3 is 5.73 Å². The highest BCUT2D eigenvalue weighted by atomic mass is 19.1. The molecule has 0 bridgehead atoms. The maximum Gasteiger partial charge on any atom is 0.126 e. The van der Waals surface area contributed by atoms with Crippen LogP contribution >= 0.6 is 0 Å². The van der Waals surface area contributed by atoms with E-state index in [0.29, 0.717) is 6.54 Å². The molecule has 1 atom stereocenters. The van der Waals surface area contributed by atoms with Gasteiger partial charge in [-0.3, -0.25) is 0 Å². The zero-order valence-electron chi connectivity index (χ0n) is 8.67. The SMILES string of the molecule is CCCCC(CN)c1ccccc1F. The molecule has 0 radical (unpaired) electrons. The summed E-state index contributed by atoms with van der Waals surface area (Å²) in [4.78, 5) is 0. The minimum Gasteiger partial charge on any atom is -0.330 e. The first kappa shape index (κ1) is 11.2. The molecule has 1 aromatic carbocycles. The molecule has 0 aliphatic rings. The summed E-state index contributed by atoms with van der Waals surface area (Å²) in [5.74, 6) is 0.0511. The van der Waals surface area contributed by atoms with Crippen LogP contribution in [-0.2, 0) is 0 Å². The minimum atomic E-state index is -0.126. The van der Waals surface area contributed by atoms with Crippen LogP contribution in [0.3, 0.4) is 0 Å². The van der Waals surface area contributed by atoms with E-state index in [1.807, 2.05) is 12.1 Å². The minimum absolute atomic E-state index is 0.126. The first-order valence-electron chi connectivity index (χ1n) is 5.24. The van der Waals surface area contributed by atoms with Crippen molar-refractivity contribution >= 4 is 0 Å². The second-order valence-electron chi connectivity index (χ2n) is 3.60. The molecule has 1 rings (SSSR count). The van der Waals surface area contributed by atoms with Crippen molar-refractivity contribution in [2.75, 3.05) is 6.54 Å². The molecule has 1 unspecified atom stereocenters. The summed E-state index contributed by atoms with van der Waals surface area (Å²) < 4.78 is 13.4. The van der Waals surface area contributed by atoms with Crippen LogP contribution in [0.4, 0.5) is 4.39 Å². The Bertz CT molecular complexity index is 273. The van der Waals surface area contributed by atoms with Gasteiger partial charge in [0, 0.05) is 0 Å². The summed E-state index contributed by atoms with van der Waals surface area (Å²) >= 11 is 0. The van der Waals surface area contributed by atoms with Crippen LogP contribution in [0.25, 0.3) is 0 Å². The third-order valence-electron chi connectivity index (χ3n) is 2.54. The van der Waals surface area contributed by atoms with Gasteiger partial charge in [0.15, 0.2) is 0 Å². The summed E-state index contributed by atoms with van der Waals surface area (Å²) in [6, 6.07) is 6.92. The predicted molar refractivity (Wildman–Crippen MR) is 57.7 cm³/mol. The van der Waals surface area contributed by atoms with Crippen LogP contribution in [0.5, 0.6) is 0 Å². The molecule has 0 fully saturated rings. The fourth-order valence-corrected chi connectivity index (χ4v) is 1.66. The molecule has 0 heterocycles. The molecular weight excluding hydrogens is 177 g/mol. The molecule has 0 aliphatic heterocycles. The van der Waals surface area contributed by atoms with Gasteiger partial charge >= 0.3 is 0 Å². The third kappa shape index (κ3) is 2.81. The molecule has 2 N–H and O–H groups in total. The van der Waals surface area contributed by atoms with Gasteiger partial charge in [-0.1, -0.05) is 38.0 Å². The van der Waals surface area contributed by atoms with Crippen molar-refractivity contribution in [3.8, 4) is 0 Å². The Kier molecular flexibility index (Phi) is 4.60. The van der Waals surface area contributed by atoms with Crippen molar-refractivity contribution in [2.24, 2.45) is 5.73 Å². The number of hydrogen-bond donors (Lipinski definition) is 1. The Balaban J connectivity index is 2.73. The van der Waals surface area contributed by atoms with E-state index in [1.54, 1.807) is 6.07 Å². The highest BCUT2D eigenvalue weighted by molar-refractivity contribution is 5.21. The van der Waals surface area contributed by atoms with Gasteiger partial charge in [-0.05, 0) is 30.5 Å². The number of unbranched alkanes of at least 4 members (excludes halogenated alkanes) is 1. The molecular formula is C12H18FN. The molecule has 1 aromatic rings. The number of halogens is 1. The van der Waals surface area contributed by atoms with Gasteiger partial charge in [0.25, 0.3) is 0 Å². The monoisotopic (exact) mass is 195 g/mol. The second kappa shape index (κ2) is 5.76. The van der Waals surface area contributed by atoms with Crippen molar-refractivity contribution in [3.63, 3.8) is 0 Å². The summed E-state index contributed by atoms with van der Waals surface area (Å²) in [5.41, 5.74) is 6.41. The van der Waals surface area contributed by atoms with E-state index in [1.165, 1.54) is 6.07 Å². The molecule has 78 valence electrons. The van der Waals surface area contributed by atoms with Gasteiger partial charge in [0.2, 0.25) is 0 Å². The Morgan fingerprint density at radius 1 is 1.36 bits per heavy atom. The zero-order valence-corrected chi connectivity index (χ0v) is 8.67. The summed E-state index contributed by atoms with van der Waals surface area (Å²) in [5, 5.41) is 0. The van der Waals surface area contributed by atoms with E-state index in [4.69, 9.17) is 5.73 Å². The molecule has 0 saturated heterocycles. The maximum absolute atomic E-state index is 13.4. The fourth-order valence-electron chi connectivity index (χ4n) is 1.66. The molecule has 1 nitrogen and oxygen atoms in total. The lowest BCUT2D eigenvalue weighted by atomic mass is 9.93. The molecule has 0 aliphatic carbocycles. The topological polar surface area (TPSA) is 26.0 Å². The van der Waals surface area contributed by atoms with Gasteiger partial charge in [-0.15, -0.1) is 0 Å². The first-order valence-corrected chi connectivity index (χ1v) is 5.24. The van der Waals surface area contributed by atoms with E-state index >= 15 is 0 Å². The first-order chi connectivity index (χ1) is 6.79. The Hall–Kier alpha value is -0.890. The van der Waals surface area contributed by atoms with Crippen LogP contribution in [0, 0.1) is 5.82 Å². The number of rotatable bonds is 5. The largest absolute Gasteiger partial charge is 0.330 e. The Morgan fingerprint density at radius 2 is 2.07 bits per heavy atom.